The van der Waals surface area contributed by atoms with Crippen molar-refractivity contribution in [3.8, 4) is 0 Å². The van der Waals surface area contributed by atoms with Crippen LogP contribution in [0.15, 0.2) is 23.1 Å². The van der Waals surface area contributed by atoms with Crippen molar-refractivity contribution in [1.82, 2.24) is 9.62 Å². The molecule has 0 atom stereocenters. The molecule has 1 heterocycles. The van der Waals surface area contributed by atoms with Crippen LogP contribution in [0.3, 0.4) is 0 Å². The highest BCUT2D eigenvalue weighted by Crippen LogP contribution is 2.25. The number of rotatable bonds is 4. The first kappa shape index (κ1) is 15.9. The summed E-state index contributed by atoms with van der Waals surface area (Å²) in [4.78, 5) is 10.4. The van der Waals surface area contributed by atoms with Crippen LogP contribution < -0.4 is 5.32 Å². The fourth-order valence-electron chi connectivity index (χ4n) is 2.53. The summed E-state index contributed by atoms with van der Waals surface area (Å²) in [6, 6.07) is 3.88. The molecule has 1 aromatic rings. The SMILES string of the molecule is Cc1cc(S(=O)(=O)N(C)C2CCNCC2)ccc1[N+](=O)[O-]. The largest absolute Gasteiger partial charge is 0.317 e. The van der Waals surface area contributed by atoms with Crippen molar-refractivity contribution in [3.05, 3.63) is 33.9 Å². The molecule has 0 aliphatic carbocycles. The smallest absolute Gasteiger partial charge is 0.272 e. The second-order valence-corrected chi connectivity index (χ2v) is 7.21. The highest BCUT2D eigenvalue weighted by atomic mass is 32.2. The molecular weight excluding hydrogens is 294 g/mol. The van der Waals surface area contributed by atoms with Crippen LogP contribution in [0.5, 0.6) is 0 Å². The quantitative estimate of drug-likeness (QED) is 0.667. The van der Waals surface area contributed by atoms with E-state index in [1.165, 1.54) is 22.5 Å². The minimum absolute atomic E-state index is 0.0354. The Hall–Kier alpha value is -1.51. The van der Waals surface area contributed by atoms with E-state index in [0.717, 1.165) is 25.9 Å². The van der Waals surface area contributed by atoms with Crippen LogP contribution in [0.1, 0.15) is 18.4 Å². The molecule has 7 nitrogen and oxygen atoms in total. The molecule has 1 N–H and O–H groups in total. The first-order valence-corrected chi connectivity index (χ1v) is 8.22. The first-order chi connectivity index (χ1) is 9.84. The second-order valence-electron chi connectivity index (χ2n) is 5.21. The Bertz CT molecular complexity index is 639. The van der Waals surface area contributed by atoms with Crippen LogP contribution in [0, 0.1) is 17.0 Å². The maximum absolute atomic E-state index is 12.6. The average molecular weight is 313 g/mol. The first-order valence-electron chi connectivity index (χ1n) is 6.78. The van der Waals surface area contributed by atoms with E-state index in [4.69, 9.17) is 0 Å². The minimum Gasteiger partial charge on any atom is -0.317 e. The monoisotopic (exact) mass is 313 g/mol. The zero-order valence-electron chi connectivity index (χ0n) is 12.1. The fourth-order valence-corrected chi connectivity index (χ4v) is 4.03. The predicted molar refractivity (Wildman–Crippen MR) is 78.7 cm³/mol. The molecule has 1 aromatic carbocycles. The Morgan fingerprint density at radius 2 is 1.95 bits per heavy atom. The molecular formula is C13H19N3O4S. The van der Waals surface area contributed by atoms with Crippen molar-refractivity contribution in [2.24, 2.45) is 0 Å². The molecule has 1 aliphatic heterocycles. The van der Waals surface area contributed by atoms with Crippen molar-refractivity contribution in [2.75, 3.05) is 20.1 Å². The topological polar surface area (TPSA) is 92.6 Å². The van der Waals surface area contributed by atoms with Crippen LogP contribution in [0.4, 0.5) is 5.69 Å². The van der Waals surface area contributed by atoms with Gasteiger partial charge in [-0.25, -0.2) is 8.42 Å². The summed E-state index contributed by atoms with van der Waals surface area (Å²) in [6.45, 7) is 3.13. The van der Waals surface area contributed by atoms with Crippen LogP contribution >= 0.6 is 0 Å². The Balaban J connectivity index is 2.30. The predicted octanol–water partition coefficient (Wildman–Crippen LogP) is 1.28. The van der Waals surface area contributed by atoms with E-state index in [0.29, 0.717) is 5.56 Å². The van der Waals surface area contributed by atoms with Gasteiger partial charge in [0.15, 0.2) is 0 Å². The molecule has 1 saturated heterocycles. The highest BCUT2D eigenvalue weighted by molar-refractivity contribution is 7.89. The number of aryl methyl sites for hydroxylation is 1. The van der Waals surface area contributed by atoms with Crippen LogP contribution in [-0.4, -0.2) is 43.8 Å². The summed E-state index contributed by atoms with van der Waals surface area (Å²) in [5.74, 6) is 0. The van der Waals surface area contributed by atoms with E-state index < -0.39 is 14.9 Å². The van der Waals surface area contributed by atoms with E-state index >= 15 is 0 Å². The third-order valence-electron chi connectivity index (χ3n) is 3.86. The molecule has 2 rings (SSSR count). The molecule has 0 amide bonds. The van der Waals surface area contributed by atoms with Crippen LogP contribution in [0.25, 0.3) is 0 Å². The summed E-state index contributed by atoms with van der Waals surface area (Å²) >= 11 is 0. The third kappa shape index (κ3) is 3.22. The van der Waals surface area contributed by atoms with Gasteiger partial charge >= 0.3 is 0 Å². The molecule has 1 fully saturated rings. The number of nitro benzene ring substituents is 1. The van der Waals surface area contributed by atoms with Gasteiger partial charge in [-0.1, -0.05) is 0 Å². The summed E-state index contributed by atoms with van der Waals surface area (Å²) in [6.07, 6.45) is 1.53. The van der Waals surface area contributed by atoms with Crippen molar-refractivity contribution < 1.29 is 13.3 Å². The fraction of sp³-hybridized carbons (Fsp3) is 0.538. The Labute approximate surface area is 124 Å². The van der Waals surface area contributed by atoms with Gasteiger partial charge in [0.2, 0.25) is 10.0 Å². The molecule has 0 saturated carbocycles. The molecule has 21 heavy (non-hydrogen) atoms. The van der Waals surface area contributed by atoms with Crippen molar-refractivity contribution >= 4 is 15.7 Å². The highest BCUT2D eigenvalue weighted by Gasteiger charge is 2.29. The maximum Gasteiger partial charge on any atom is 0.272 e. The molecule has 116 valence electrons. The molecule has 0 spiro atoms. The summed E-state index contributed by atoms with van der Waals surface area (Å²) < 4.78 is 26.6. The number of hydrogen-bond donors (Lipinski definition) is 1. The zero-order chi connectivity index (χ0) is 15.6. The van der Waals surface area contributed by atoms with Crippen LogP contribution in [0.2, 0.25) is 0 Å². The number of nitrogens with one attached hydrogen (secondary N) is 1. The van der Waals surface area contributed by atoms with Gasteiger partial charge in [-0.3, -0.25) is 10.1 Å². The standard InChI is InChI=1S/C13H19N3O4S/c1-10-9-12(3-4-13(10)16(17)18)21(19,20)15(2)11-5-7-14-8-6-11/h3-4,9,11,14H,5-8H2,1-2H3. The van der Waals surface area contributed by atoms with Gasteiger partial charge in [0, 0.05) is 24.7 Å². The van der Waals surface area contributed by atoms with E-state index in [1.54, 1.807) is 14.0 Å². The molecule has 0 unspecified atom stereocenters. The molecule has 8 heteroatoms. The van der Waals surface area contributed by atoms with Crippen LogP contribution in [-0.2, 0) is 10.0 Å². The minimum atomic E-state index is -3.62. The summed E-state index contributed by atoms with van der Waals surface area (Å²) in [5.41, 5.74) is 0.276. The zero-order valence-corrected chi connectivity index (χ0v) is 12.9. The second kappa shape index (κ2) is 6.08. The molecule has 1 aliphatic rings. The Morgan fingerprint density at radius 1 is 1.33 bits per heavy atom. The van der Waals surface area contributed by atoms with Crippen molar-refractivity contribution in [2.45, 2.75) is 30.7 Å². The van der Waals surface area contributed by atoms with Crippen molar-refractivity contribution in [1.29, 1.82) is 0 Å². The lowest BCUT2D eigenvalue weighted by Crippen LogP contribution is -2.43. The maximum atomic E-state index is 12.6. The number of benzene rings is 1. The number of nitro groups is 1. The lowest BCUT2D eigenvalue weighted by Gasteiger charge is -2.30. The van der Waals surface area contributed by atoms with Gasteiger partial charge in [-0.2, -0.15) is 4.31 Å². The number of sulfonamides is 1. The van der Waals surface area contributed by atoms with E-state index in [-0.39, 0.29) is 16.6 Å². The van der Waals surface area contributed by atoms with Gasteiger partial charge in [-0.15, -0.1) is 0 Å². The molecule has 0 radical (unpaired) electrons. The van der Waals surface area contributed by atoms with Gasteiger partial charge < -0.3 is 5.32 Å². The average Bonchev–Trinajstić information content (AvgIpc) is 2.46. The van der Waals surface area contributed by atoms with E-state index in [1.807, 2.05) is 0 Å². The lowest BCUT2D eigenvalue weighted by molar-refractivity contribution is -0.385. The Kier molecular flexibility index (Phi) is 4.60. The van der Waals surface area contributed by atoms with Gasteiger partial charge in [0.05, 0.1) is 9.82 Å². The lowest BCUT2D eigenvalue weighted by atomic mass is 10.1. The van der Waals surface area contributed by atoms with E-state index in [9.17, 15) is 18.5 Å². The summed E-state index contributed by atoms with van der Waals surface area (Å²) in [7, 11) is -2.05. The van der Waals surface area contributed by atoms with Gasteiger partial charge in [-0.05, 0) is 45.0 Å². The third-order valence-corrected chi connectivity index (χ3v) is 5.77. The number of nitrogens with zero attached hydrogens (tertiary/aromatic N) is 2. The van der Waals surface area contributed by atoms with Crippen molar-refractivity contribution in [3.63, 3.8) is 0 Å². The van der Waals surface area contributed by atoms with Gasteiger partial charge in [0.25, 0.3) is 5.69 Å². The number of piperidine rings is 1. The number of hydrogen-bond acceptors (Lipinski definition) is 5. The molecule has 0 bridgehead atoms. The summed E-state index contributed by atoms with van der Waals surface area (Å²) in [5, 5.41) is 14.0. The normalized spacial score (nSPS) is 17.1. The molecule has 0 aromatic heterocycles. The van der Waals surface area contributed by atoms with E-state index in [2.05, 4.69) is 5.32 Å². The Morgan fingerprint density at radius 3 is 2.48 bits per heavy atom. The van der Waals surface area contributed by atoms with Gasteiger partial charge in [0.1, 0.15) is 0 Å².